The Balaban J connectivity index is 2.35. The van der Waals surface area contributed by atoms with Gasteiger partial charge in [-0.1, -0.05) is 18.2 Å². The Kier molecular flexibility index (Phi) is 2.72. The molecule has 1 aromatic heterocycles. The van der Waals surface area contributed by atoms with Gasteiger partial charge in [0.1, 0.15) is 5.75 Å². The van der Waals surface area contributed by atoms with Crippen molar-refractivity contribution in [1.82, 2.24) is 9.97 Å². The minimum absolute atomic E-state index is 0.231. The fraction of sp³-hybridized carbons (Fsp3) is 0.167. The summed E-state index contributed by atoms with van der Waals surface area (Å²) in [5.41, 5.74) is 7.31. The highest BCUT2D eigenvalue weighted by atomic mass is 16.5. The van der Waals surface area contributed by atoms with E-state index in [0.717, 1.165) is 17.0 Å². The maximum Gasteiger partial charge on any atom is 0.227 e. The molecule has 82 valence electrons. The number of ether oxygens (including phenoxy) is 1. The molecule has 0 aliphatic heterocycles. The van der Waals surface area contributed by atoms with Crippen LogP contribution in [-0.4, -0.2) is 9.97 Å². The molecule has 1 heterocycles. The molecule has 2 aromatic rings. The van der Waals surface area contributed by atoms with Gasteiger partial charge in [-0.2, -0.15) is 4.98 Å². The number of nitrogens with two attached hydrogens (primary N) is 1. The third-order valence-electron chi connectivity index (χ3n) is 2.32. The van der Waals surface area contributed by atoms with Crippen molar-refractivity contribution >= 4 is 5.95 Å². The summed E-state index contributed by atoms with van der Waals surface area (Å²) < 4.78 is 5.64. The summed E-state index contributed by atoms with van der Waals surface area (Å²) in [5, 5.41) is 0. The Morgan fingerprint density at radius 2 is 1.75 bits per heavy atom. The molecule has 0 radical (unpaired) electrons. The number of benzene rings is 1. The van der Waals surface area contributed by atoms with Crippen LogP contribution >= 0.6 is 0 Å². The first-order valence-corrected chi connectivity index (χ1v) is 5.00. The van der Waals surface area contributed by atoms with Crippen molar-refractivity contribution in [2.45, 2.75) is 13.8 Å². The van der Waals surface area contributed by atoms with Crippen molar-refractivity contribution < 1.29 is 4.74 Å². The second-order valence-corrected chi connectivity index (χ2v) is 3.51. The highest BCUT2D eigenvalue weighted by molar-refractivity contribution is 5.37. The molecule has 4 nitrogen and oxygen atoms in total. The van der Waals surface area contributed by atoms with E-state index in [9.17, 15) is 0 Å². The standard InChI is InChI=1S/C12H13N3O/c1-8-9(2)14-12(13)15-11(8)16-10-6-4-3-5-7-10/h3-7H,1-2H3,(H2,13,14,15). The molecule has 0 saturated carbocycles. The minimum atomic E-state index is 0.231. The van der Waals surface area contributed by atoms with E-state index in [4.69, 9.17) is 10.5 Å². The Hall–Kier alpha value is -2.10. The van der Waals surface area contributed by atoms with E-state index < -0.39 is 0 Å². The Bertz CT molecular complexity index is 497. The molecule has 0 atom stereocenters. The van der Waals surface area contributed by atoms with Gasteiger partial charge in [-0.15, -0.1) is 0 Å². The van der Waals surface area contributed by atoms with E-state index in [0.29, 0.717) is 5.88 Å². The lowest BCUT2D eigenvalue weighted by molar-refractivity contribution is 0.457. The maximum atomic E-state index is 5.64. The van der Waals surface area contributed by atoms with Gasteiger partial charge in [-0.25, -0.2) is 4.98 Å². The van der Waals surface area contributed by atoms with Crippen LogP contribution in [0.2, 0.25) is 0 Å². The molecule has 2 rings (SSSR count). The van der Waals surface area contributed by atoms with Crippen LogP contribution in [0.1, 0.15) is 11.3 Å². The third-order valence-corrected chi connectivity index (χ3v) is 2.32. The van der Waals surface area contributed by atoms with Crippen LogP contribution < -0.4 is 10.5 Å². The lowest BCUT2D eigenvalue weighted by atomic mass is 10.2. The van der Waals surface area contributed by atoms with Crippen LogP contribution in [0.3, 0.4) is 0 Å². The van der Waals surface area contributed by atoms with Gasteiger partial charge < -0.3 is 10.5 Å². The zero-order valence-corrected chi connectivity index (χ0v) is 9.27. The average molecular weight is 215 g/mol. The van der Waals surface area contributed by atoms with E-state index in [2.05, 4.69) is 9.97 Å². The van der Waals surface area contributed by atoms with Gasteiger partial charge in [-0.05, 0) is 26.0 Å². The molecule has 0 fully saturated rings. The topological polar surface area (TPSA) is 61.0 Å². The Morgan fingerprint density at radius 1 is 1.06 bits per heavy atom. The number of hydrogen-bond donors (Lipinski definition) is 1. The predicted molar refractivity (Wildman–Crippen MR) is 62.4 cm³/mol. The van der Waals surface area contributed by atoms with Crippen molar-refractivity contribution in [3.8, 4) is 11.6 Å². The van der Waals surface area contributed by atoms with Gasteiger partial charge in [0.05, 0.1) is 0 Å². The van der Waals surface area contributed by atoms with E-state index in [1.165, 1.54) is 0 Å². The van der Waals surface area contributed by atoms with Gasteiger partial charge in [0, 0.05) is 11.3 Å². The highest BCUT2D eigenvalue weighted by Gasteiger charge is 2.08. The first-order valence-electron chi connectivity index (χ1n) is 5.00. The van der Waals surface area contributed by atoms with Crippen molar-refractivity contribution in [2.75, 3.05) is 5.73 Å². The fourth-order valence-electron chi connectivity index (χ4n) is 1.32. The van der Waals surface area contributed by atoms with Gasteiger partial charge >= 0.3 is 0 Å². The van der Waals surface area contributed by atoms with Crippen LogP contribution in [0, 0.1) is 13.8 Å². The third kappa shape index (κ3) is 2.11. The minimum Gasteiger partial charge on any atom is -0.439 e. The van der Waals surface area contributed by atoms with Crippen molar-refractivity contribution in [3.05, 3.63) is 41.6 Å². The molecule has 4 heteroatoms. The van der Waals surface area contributed by atoms with E-state index in [1.54, 1.807) is 0 Å². The summed E-state index contributed by atoms with van der Waals surface area (Å²) in [7, 11) is 0. The average Bonchev–Trinajstić information content (AvgIpc) is 2.27. The number of hydrogen-bond acceptors (Lipinski definition) is 4. The molecule has 0 amide bonds. The monoisotopic (exact) mass is 215 g/mol. The molecule has 0 saturated heterocycles. The van der Waals surface area contributed by atoms with Crippen LogP contribution in [-0.2, 0) is 0 Å². The van der Waals surface area contributed by atoms with E-state index in [-0.39, 0.29) is 5.95 Å². The Labute approximate surface area is 94.1 Å². The molecule has 0 bridgehead atoms. The van der Waals surface area contributed by atoms with Crippen LogP contribution in [0.4, 0.5) is 5.95 Å². The number of nitrogens with zero attached hydrogens (tertiary/aromatic N) is 2. The maximum absolute atomic E-state index is 5.64. The molecule has 16 heavy (non-hydrogen) atoms. The zero-order chi connectivity index (χ0) is 11.5. The summed E-state index contributed by atoms with van der Waals surface area (Å²) in [4.78, 5) is 8.14. The second kappa shape index (κ2) is 4.18. The van der Waals surface area contributed by atoms with Gasteiger partial charge in [0.25, 0.3) is 0 Å². The number of para-hydroxylation sites is 1. The fourth-order valence-corrected chi connectivity index (χ4v) is 1.32. The molecule has 2 N–H and O–H groups in total. The molecule has 0 aliphatic rings. The van der Waals surface area contributed by atoms with E-state index in [1.807, 2.05) is 44.2 Å². The SMILES string of the molecule is Cc1nc(N)nc(Oc2ccccc2)c1C. The summed E-state index contributed by atoms with van der Waals surface area (Å²) >= 11 is 0. The number of aryl methyl sites for hydroxylation is 1. The van der Waals surface area contributed by atoms with Crippen molar-refractivity contribution in [2.24, 2.45) is 0 Å². The van der Waals surface area contributed by atoms with Gasteiger partial charge in [-0.3, -0.25) is 0 Å². The quantitative estimate of drug-likeness (QED) is 0.835. The summed E-state index contributed by atoms with van der Waals surface area (Å²) in [5.74, 6) is 1.48. The lowest BCUT2D eigenvalue weighted by Crippen LogP contribution is -2.02. The molecular weight excluding hydrogens is 202 g/mol. The first kappa shape index (κ1) is 10.4. The van der Waals surface area contributed by atoms with Crippen molar-refractivity contribution in [3.63, 3.8) is 0 Å². The van der Waals surface area contributed by atoms with Crippen molar-refractivity contribution in [1.29, 1.82) is 0 Å². The molecule has 0 aliphatic carbocycles. The Morgan fingerprint density at radius 3 is 2.44 bits per heavy atom. The molecular formula is C12H13N3O. The predicted octanol–water partition coefficient (Wildman–Crippen LogP) is 2.47. The first-order chi connectivity index (χ1) is 7.66. The molecule has 0 unspecified atom stereocenters. The number of anilines is 1. The van der Waals surface area contributed by atoms with Crippen LogP contribution in [0.5, 0.6) is 11.6 Å². The molecule has 0 spiro atoms. The smallest absolute Gasteiger partial charge is 0.227 e. The molecule has 1 aromatic carbocycles. The summed E-state index contributed by atoms with van der Waals surface area (Å²) in [6, 6.07) is 9.48. The van der Waals surface area contributed by atoms with Gasteiger partial charge in [0.15, 0.2) is 0 Å². The number of nitrogen functional groups attached to an aromatic ring is 1. The second-order valence-electron chi connectivity index (χ2n) is 3.51. The number of aromatic nitrogens is 2. The van der Waals surface area contributed by atoms with E-state index >= 15 is 0 Å². The largest absolute Gasteiger partial charge is 0.439 e. The zero-order valence-electron chi connectivity index (χ0n) is 9.27. The van der Waals surface area contributed by atoms with Crippen LogP contribution in [0.25, 0.3) is 0 Å². The number of rotatable bonds is 2. The highest BCUT2D eigenvalue weighted by Crippen LogP contribution is 2.24. The normalized spacial score (nSPS) is 10.1. The lowest BCUT2D eigenvalue weighted by Gasteiger charge is -2.09. The summed E-state index contributed by atoms with van der Waals surface area (Å²) in [6.07, 6.45) is 0. The van der Waals surface area contributed by atoms with Crippen LogP contribution in [0.15, 0.2) is 30.3 Å². The summed E-state index contributed by atoms with van der Waals surface area (Å²) in [6.45, 7) is 3.79. The van der Waals surface area contributed by atoms with Gasteiger partial charge in [0.2, 0.25) is 11.8 Å².